The highest BCUT2D eigenvalue weighted by atomic mass is 79.9. The number of fused-ring (bicyclic) bond motifs is 1. The fourth-order valence-corrected chi connectivity index (χ4v) is 4.26. The van der Waals surface area contributed by atoms with E-state index in [2.05, 4.69) is 50.1 Å². The number of pyridine rings is 2. The Labute approximate surface area is 162 Å². The zero-order valence-corrected chi connectivity index (χ0v) is 17.9. The molecule has 0 radical (unpaired) electrons. The van der Waals surface area contributed by atoms with Gasteiger partial charge in [0.05, 0.1) is 15.7 Å². The lowest BCUT2D eigenvalue weighted by Crippen LogP contribution is -2.22. The summed E-state index contributed by atoms with van der Waals surface area (Å²) in [6.07, 6.45) is 3.58. The molecule has 0 unspecified atom stereocenters. The van der Waals surface area contributed by atoms with Crippen molar-refractivity contribution in [2.75, 3.05) is 6.61 Å². The maximum atomic E-state index is 6.10. The van der Waals surface area contributed by atoms with E-state index in [-0.39, 0.29) is 0 Å². The lowest BCUT2D eigenvalue weighted by molar-refractivity contribution is 0.0912. The van der Waals surface area contributed by atoms with Crippen molar-refractivity contribution in [2.45, 2.75) is 32.4 Å². The van der Waals surface area contributed by atoms with E-state index in [1.54, 1.807) is 12.4 Å². The van der Waals surface area contributed by atoms with Gasteiger partial charge in [-0.2, -0.15) is 0 Å². The summed E-state index contributed by atoms with van der Waals surface area (Å²) >= 11 is 9.80. The maximum Gasteiger partial charge on any atom is 0.129 e. The molecule has 0 aliphatic rings. The lowest BCUT2D eigenvalue weighted by atomic mass is 10.2. The molecular formula is C18H21BrClN3OSi. The third-order valence-electron chi connectivity index (χ3n) is 3.99. The fraction of sp³-hybridized carbons (Fsp3) is 0.333. The third kappa shape index (κ3) is 4.31. The van der Waals surface area contributed by atoms with Gasteiger partial charge in [0.1, 0.15) is 17.4 Å². The molecule has 0 fully saturated rings. The molecule has 4 nitrogen and oxygen atoms in total. The molecule has 3 heterocycles. The van der Waals surface area contributed by atoms with Gasteiger partial charge >= 0.3 is 0 Å². The minimum absolute atomic E-state index is 0.478. The summed E-state index contributed by atoms with van der Waals surface area (Å²) in [5, 5.41) is 0.478. The molecule has 3 aromatic heterocycles. The molecule has 0 N–H and O–H groups in total. The van der Waals surface area contributed by atoms with E-state index >= 15 is 0 Å². The van der Waals surface area contributed by atoms with Crippen LogP contribution >= 0.6 is 27.5 Å². The van der Waals surface area contributed by atoms with Gasteiger partial charge in [-0.05, 0) is 46.2 Å². The minimum atomic E-state index is -1.11. The topological polar surface area (TPSA) is 39.9 Å². The number of hydrogen-bond acceptors (Lipinski definition) is 3. The van der Waals surface area contributed by atoms with Gasteiger partial charge in [0.15, 0.2) is 0 Å². The van der Waals surface area contributed by atoms with Crippen LogP contribution in [-0.2, 0) is 11.5 Å². The summed E-state index contributed by atoms with van der Waals surface area (Å²) < 4.78 is 9.07. The van der Waals surface area contributed by atoms with Crippen LogP contribution in [0, 0.1) is 0 Å². The van der Waals surface area contributed by atoms with Gasteiger partial charge in [0.2, 0.25) is 0 Å². The summed E-state index contributed by atoms with van der Waals surface area (Å²) in [6, 6.07) is 8.91. The number of aromatic nitrogens is 3. The van der Waals surface area contributed by atoms with Crippen molar-refractivity contribution >= 4 is 46.6 Å². The number of nitrogens with zero attached hydrogens (tertiary/aromatic N) is 3. The zero-order chi connectivity index (χ0) is 18.0. The van der Waals surface area contributed by atoms with Crippen molar-refractivity contribution < 1.29 is 4.74 Å². The maximum absolute atomic E-state index is 6.10. The second kappa shape index (κ2) is 7.58. The summed E-state index contributed by atoms with van der Waals surface area (Å²) in [4.78, 5) is 8.60. The van der Waals surface area contributed by atoms with Crippen LogP contribution < -0.4 is 0 Å². The largest absolute Gasteiger partial charge is 0.361 e. The molecule has 0 aromatic carbocycles. The molecule has 3 rings (SSSR count). The average Bonchev–Trinajstić information content (AvgIpc) is 2.83. The smallest absolute Gasteiger partial charge is 0.129 e. The first-order valence-electron chi connectivity index (χ1n) is 8.19. The highest BCUT2D eigenvalue weighted by Gasteiger charge is 2.19. The van der Waals surface area contributed by atoms with Crippen LogP contribution in [0.15, 0.2) is 41.1 Å². The monoisotopic (exact) mass is 437 g/mol. The summed E-state index contributed by atoms with van der Waals surface area (Å²) in [7, 11) is -1.11. The van der Waals surface area contributed by atoms with E-state index < -0.39 is 8.07 Å². The molecule has 0 bridgehead atoms. The number of halogens is 2. The molecule has 0 saturated carbocycles. The van der Waals surface area contributed by atoms with E-state index in [0.717, 1.165) is 39.4 Å². The molecule has 25 heavy (non-hydrogen) atoms. The molecule has 7 heteroatoms. The molecule has 0 atom stereocenters. The predicted octanol–water partition coefficient (Wildman–Crippen LogP) is 5.83. The highest BCUT2D eigenvalue weighted by molar-refractivity contribution is 9.10. The fourth-order valence-electron chi connectivity index (χ4n) is 2.62. The Bertz CT molecular complexity index is 877. The SMILES string of the molecule is C[Si](C)(C)CCOCn1c(-c2ccncc2)c(Br)c2nc(Cl)ccc21. The van der Waals surface area contributed by atoms with Crippen LogP contribution in [0.5, 0.6) is 0 Å². The second-order valence-corrected chi connectivity index (χ2v) is 14.0. The summed E-state index contributed by atoms with van der Waals surface area (Å²) in [5.41, 5.74) is 3.93. The van der Waals surface area contributed by atoms with Crippen LogP contribution in [0.3, 0.4) is 0 Å². The van der Waals surface area contributed by atoms with Crippen molar-refractivity contribution in [3.63, 3.8) is 0 Å². The Kier molecular flexibility index (Phi) is 5.63. The predicted molar refractivity (Wildman–Crippen MR) is 110 cm³/mol. The van der Waals surface area contributed by atoms with E-state index in [4.69, 9.17) is 16.3 Å². The molecule has 3 aromatic rings. The van der Waals surface area contributed by atoms with E-state index in [0.29, 0.717) is 11.9 Å². The Morgan fingerprint density at radius 2 is 1.88 bits per heavy atom. The van der Waals surface area contributed by atoms with Crippen LogP contribution in [0.25, 0.3) is 22.3 Å². The van der Waals surface area contributed by atoms with Crippen molar-refractivity contribution in [1.82, 2.24) is 14.5 Å². The summed E-state index contributed by atoms with van der Waals surface area (Å²) in [6.45, 7) is 8.31. The van der Waals surface area contributed by atoms with Gasteiger partial charge in [-0.25, -0.2) is 4.98 Å². The van der Waals surface area contributed by atoms with Gasteiger partial charge < -0.3 is 9.30 Å². The Hall–Kier alpha value is -1.21. The molecule has 0 aliphatic carbocycles. The lowest BCUT2D eigenvalue weighted by Gasteiger charge is -2.17. The van der Waals surface area contributed by atoms with Gasteiger partial charge in [0.25, 0.3) is 0 Å². The zero-order valence-electron chi connectivity index (χ0n) is 14.6. The molecule has 0 saturated heterocycles. The third-order valence-corrected chi connectivity index (χ3v) is 6.65. The first kappa shape index (κ1) is 18.6. The van der Waals surface area contributed by atoms with E-state index in [1.165, 1.54) is 0 Å². The highest BCUT2D eigenvalue weighted by Crippen LogP contribution is 2.37. The average molecular weight is 439 g/mol. The van der Waals surface area contributed by atoms with Crippen LogP contribution in [0.4, 0.5) is 0 Å². The summed E-state index contributed by atoms with van der Waals surface area (Å²) in [5.74, 6) is 0. The van der Waals surface area contributed by atoms with Crippen molar-refractivity contribution in [3.8, 4) is 11.3 Å². The molecule has 132 valence electrons. The first-order valence-corrected chi connectivity index (χ1v) is 13.1. The first-order chi connectivity index (χ1) is 11.9. The van der Waals surface area contributed by atoms with Crippen molar-refractivity contribution in [3.05, 3.63) is 46.3 Å². The van der Waals surface area contributed by atoms with Gasteiger partial charge in [-0.1, -0.05) is 31.2 Å². The molecular weight excluding hydrogens is 418 g/mol. The number of hydrogen-bond donors (Lipinski definition) is 0. The minimum Gasteiger partial charge on any atom is -0.361 e. The Morgan fingerprint density at radius 3 is 2.56 bits per heavy atom. The molecule has 0 spiro atoms. The van der Waals surface area contributed by atoms with Crippen LogP contribution in [0.1, 0.15) is 0 Å². The van der Waals surface area contributed by atoms with Crippen LogP contribution in [0.2, 0.25) is 30.8 Å². The number of rotatable bonds is 6. The standard InChI is InChI=1S/C18H21BrClN3OSi/c1-25(2,3)11-10-24-12-23-14-4-5-15(20)22-17(14)16(19)18(23)13-6-8-21-9-7-13/h4-9H,10-12H2,1-3H3. The Morgan fingerprint density at radius 1 is 1.16 bits per heavy atom. The normalized spacial score (nSPS) is 12.0. The molecule has 0 aliphatic heterocycles. The Balaban J connectivity index is 2.00. The second-order valence-electron chi connectivity index (χ2n) is 7.18. The van der Waals surface area contributed by atoms with Gasteiger partial charge in [-0.15, -0.1) is 0 Å². The van der Waals surface area contributed by atoms with Crippen molar-refractivity contribution in [1.29, 1.82) is 0 Å². The van der Waals surface area contributed by atoms with E-state index in [9.17, 15) is 0 Å². The van der Waals surface area contributed by atoms with Crippen LogP contribution in [-0.4, -0.2) is 29.2 Å². The van der Waals surface area contributed by atoms with Gasteiger partial charge in [0, 0.05) is 32.6 Å². The molecule has 0 amide bonds. The number of ether oxygens (including phenoxy) is 1. The quantitative estimate of drug-likeness (QED) is 0.276. The van der Waals surface area contributed by atoms with E-state index in [1.807, 2.05) is 24.3 Å². The van der Waals surface area contributed by atoms with Gasteiger partial charge in [-0.3, -0.25) is 4.98 Å². The van der Waals surface area contributed by atoms with Crippen molar-refractivity contribution in [2.24, 2.45) is 0 Å².